The molecule has 1 aliphatic heterocycles. The summed E-state index contributed by atoms with van der Waals surface area (Å²) in [4.78, 5) is 31.9. The number of sulfone groups is 1. The van der Waals surface area contributed by atoms with Gasteiger partial charge in [-0.15, -0.1) is 11.3 Å². The molecular formula is C26H24N4O6S2. The Morgan fingerprint density at radius 1 is 1.11 bits per heavy atom. The largest absolute Gasteiger partial charge is 0.466 e. The van der Waals surface area contributed by atoms with Crippen molar-refractivity contribution in [3.05, 3.63) is 76.8 Å². The zero-order valence-corrected chi connectivity index (χ0v) is 22.6. The number of methoxy groups -OCH3 is 2. The fraction of sp³-hybridized carbons (Fsp3) is 0.231. The number of allylic oxidation sites excluding steroid dienone is 1. The van der Waals surface area contributed by atoms with Crippen molar-refractivity contribution in [1.82, 2.24) is 4.98 Å². The summed E-state index contributed by atoms with van der Waals surface area (Å²) in [6.45, 7) is 3.14. The highest BCUT2D eigenvalue weighted by atomic mass is 32.2. The molecule has 2 aromatic carbocycles. The van der Waals surface area contributed by atoms with Crippen molar-refractivity contribution in [2.75, 3.05) is 19.1 Å². The molecule has 196 valence electrons. The summed E-state index contributed by atoms with van der Waals surface area (Å²) in [5.74, 6) is -2.80. The molecule has 38 heavy (non-hydrogen) atoms. The second-order valence-electron chi connectivity index (χ2n) is 8.56. The van der Waals surface area contributed by atoms with Gasteiger partial charge in [0.15, 0.2) is 0 Å². The van der Waals surface area contributed by atoms with Crippen LogP contribution in [0.2, 0.25) is 0 Å². The molecule has 0 saturated heterocycles. The quantitative estimate of drug-likeness (QED) is 0.450. The van der Waals surface area contributed by atoms with E-state index in [4.69, 9.17) is 15.2 Å². The van der Waals surface area contributed by atoms with Gasteiger partial charge in [0.25, 0.3) is 0 Å². The lowest BCUT2D eigenvalue weighted by molar-refractivity contribution is -0.139. The highest BCUT2D eigenvalue weighted by molar-refractivity contribution is 7.94. The predicted octanol–water partition coefficient (Wildman–Crippen LogP) is 3.38. The molecule has 0 saturated carbocycles. The van der Waals surface area contributed by atoms with E-state index in [2.05, 4.69) is 11.1 Å². The van der Waals surface area contributed by atoms with Crippen LogP contribution in [0.3, 0.4) is 0 Å². The van der Waals surface area contributed by atoms with Crippen molar-refractivity contribution >= 4 is 49.0 Å². The molecule has 2 heterocycles. The number of ether oxygens (including phenoxy) is 2. The zero-order chi connectivity index (χ0) is 27.8. The van der Waals surface area contributed by atoms with Crippen molar-refractivity contribution in [3.8, 4) is 6.07 Å². The van der Waals surface area contributed by atoms with E-state index in [1.54, 1.807) is 62.4 Å². The van der Waals surface area contributed by atoms with Gasteiger partial charge in [-0.05, 0) is 37.6 Å². The van der Waals surface area contributed by atoms with Crippen molar-refractivity contribution in [2.45, 2.75) is 29.4 Å². The average Bonchev–Trinajstić information content (AvgIpc) is 3.36. The first-order chi connectivity index (χ1) is 18.1. The van der Waals surface area contributed by atoms with Crippen molar-refractivity contribution in [2.24, 2.45) is 5.73 Å². The minimum absolute atomic E-state index is 0.0247. The van der Waals surface area contributed by atoms with Crippen LogP contribution in [0.25, 0.3) is 10.2 Å². The summed E-state index contributed by atoms with van der Waals surface area (Å²) in [6.07, 6.45) is 0. The number of carbonyl (C=O) groups excluding carboxylic acids is 2. The molecule has 1 unspecified atom stereocenters. The number of aromatic nitrogens is 1. The molecule has 0 aliphatic carbocycles. The number of fused-ring (bicyclic) bond motifs is 1. The number of benzene rings is 2. The first-order valence-electron chi connectivity index (χ1n) is 11.4. The summed E-state index contributed by atoms with van der Waals surface area (Å²) in [7, 11) is -1.28. The molecule has 1 aliphatic rings. The predicted molar refractivity (Wildman–Crippen MR) is 141 cm³/mol. The Morgan fingerprint density at radius 2 is 1.76 bits per heavy atom. The highest BCUT2D eigenvalue weighted by Gasteiger charge is 2.43. The molecular weight excluding hydrogens is 528 g/mol. The molecule has 1 atom stereocenters. The van der Waals surface area contributed by atoms with Crippen LogP contribution < -0.4 is 10.6 Å². The number of hydrogen-bond acceptors (Lipinski definition) is 11. The zero-order valence-electron chi connectivity index (χ0n) is 21.0. The van der Waals surface area contributed by atoms with Gasteiger partial charge in [-0.2, -0.15) is 5.26 Å². The minimum atomic E-state index is -3.62. The van der Waals surface area contributed by atoms with Crippen molar-refractivity contribution in [1.29, 1.82) is 5.26 Å². The summed E-state index contributed by atoms with van der Waals surface area (Å²) in [5, 5.41) is 9.49. The van der Waals surface area contributed by atoms with Gasteiger partial charge in [-0.25, -0.2) is 23.0 Å². The maximum atomic E-state index is 13.2. The van der Waals surface area contributed by atoms with E-state index in [1.807, 2.05) is 0 Å². The van der Waals surface area contributed by atoms with Crippen LogP contribution >= 0.6 is 11.3 Å². The van der Waals surface area contributed by atoms with Gasteiger partial charge in [0.05, 0.1) is 52.8 Å². The Morgan fingerprint density at radius 3 is 2.34 bits per heavy atom. The average molecular weight is 553 g/mol. The van der Waals surface area contributed by atoms with E-state index < -0.39 is 32.9 Å². The molecule has 10 nitrogen and oxygen atoms in total. The van der Waals surface area contributed by atoms with Gasteiger partial charge < -0.3 is 15.2 Å². The highest BCUT2D eigenvalue weighted by Crippen LogP contribution is 2.44. The summed E-state index contributed by atoms with van der Waals surface area (Å²) < 4.78 is 35.9. The Labute approximate surface area is 223 Å². The number of nitrogens with two attached hydrogens (primary N) is 1. The van der Waals surface area contributed by atoms with E-state index in [9.17, 15) is 23.3 Å². The third-order valence-corrected chi connectivity index (χ3v) is 9.66. The molecule has 0 amide bonds. The standard InChI is InChI=1S/C26H24N4O6S2/c1-14(2)38(33,34)26-29-18-11-10-16(12-19(18)37-26)30-22(25(32)36-4)21(24(31)35-3)20(17(13-27)23(30)28)15-8-6-5-7-9-15/h5-12,14,20H,28H2,1-4H3. The third-order valence-electron chi connectivity index (χ3n) is 6.08. The van der Waals surface area contributed by atoms with Crippen LogP contribution in [0.1, 0.15) is 25.3 Å². The van der Waals surface area contributed by atoms with Gasteiger partial charge in [0, 0.05) is 5.69 Å². The Balaban J connectivity index is 2.01. The Bertz CT molecular complexity index is 1650. The third kappa shape index (κ3) is 4.40. The molecule has 4 rings (SSSR count). The number of thiazole rings is 1. The lowest BCUT2D eigenvalue weighted by Gasteiger charge is -2.35. The first-order valence-corrected chi connectivity index (χ1v) is 13.7. The van der Waals surface area contributed by atoms with Gasteiger partial charge in [0.1, 0.15) is 11.5 Å². The van der Waals surface area contributed by atoms with Crippen LogP contribution in [0, 0.1) is 11.3 Å². The lowest BCUT2D eigenvalue weighted by atomic mass is 9.81. The van der Waals surface area contributed by atoms with Gasteiger partial charge in [-0.3, -0.25) is 4.90 Å². The van der Waals surface area contributed by atoms with E-state index >= 15 is 0 Å². The molecule has 0 bridgehead atoms. The second-order valence-corrected chi connectivity index (χ2v) is 12.3. The van der Waals surface area contributed by atoms with Crippen LogP contribution in [0.5, 0.6) is 0 Å². The molecule has 0 spiro atoms. The smallest absolute Gasteiger partial charge is 0.355 e. The van der Waals surface area contributed by atoms with Gasteiger partial charge >= 0.3 is 11.9 Å². The van der Waals surface area contributed by atoms with Crippen molar-refractivity contribution in [3.63, 3.8) is 0 Å². The van der Waals surface area contributed by atoms with Crippen LogP contribution in [0.4, 0.5) is 5.69 Å². The molecule has 0 fully saturated rings. The van der Waals surface area contributed by atoms with E-state index in [-0.39, 0.29) is 27.0 Å². The summed E-state index contributed by atoms with van der Waals surface area (Å²) in [6, 6.07) is 15.5. The Hall–Kier alpha value is -4.21. The molecule has 3 aromatic rings. The topological polar surface area (TPSA) is 153 Å². The van der Waals surface area contributed by atoms with Crippen LogP contribution in [0.15, 0.2) is 75.5 Å². The fourth-order valence-corrected chi connectivity index (χ4v) is 6.81. The number of nitrogens with zero attached hydrogens (tertiary/aromatic N) is 3. The number of hydrogen-bond donors (Lipinski definition) is 1. The number of carbonyl (C=O) groups is 2. The molecule has 0 radical (unpaired) electrons. The summed E-state index contributed by atoms with van der Waals surface area (Å²) >= 11 is 0.971. The number of rotatable bonds is 6. The number of anilines is 1. The van der Waals surface area contributed by atoms with Crippen LogP contribution in [-0.2, 0) is 28.9 Å². The van der Waals surface area contributed by atoms with E-state index in [0.717, 1.165) is 18.4 Å². The number of esters is 2. The maximum absolute atomic E-state index is 13.2. The van der Waals surface area contributed by atoms with Gasteiger partial charge in [0.2, 0.25) is 14.2 Å². The molecule has 2 N–H and O–H groups in total. The normalized spacial score (nSPS) is 16.1. The Kier molecular flexibility index (Phi) is 7.26. The van der Waals surface area contributed by atoms with E-state index in [0.29, 0.717) is 21.5 Å². The number of nitriles is 1. The van der Waals surface area contributed by atoms with Gasteiger partial charge in [-0.1, -0.05) is 30.3 Å². The SMILES string of the molecule is COC(=O)C1=C(C(=O)OC)N(c2ccc3nc(S(=O)(=O)C(C)C)sc3c2)C(N)=C(C#N)C1c1ccccc1. The van der Waals surface area contributed by atoms with Crippen molar-refractivity contribution < 1.29 is 27.5 Å². The molecule has 1 aromatic heterocycles. The lowest BCUT2D eigenvalue weighted by Crippen LogP contribution is -2.40. The maximum Gasteiger partial charge on any atom is 0.355 e. The van der Waals surface area contributed by atoms with E-state index in [1.165, 1.54) is 12.0 Å². The monoisotopic (exact) mass is 552 g/mol. The summed E-state index contributed by atoms with van der Waals surface area (Å²) in [5.41, 5.74) is 7.48. The first kappa shape index (κ1) is 26.8. The minimum Gasteiger partial charge on any atom is -0.466 e. The molecule has 12 heteroatoms. The van der Waals surface area contributed by atoms with Crippen LogP contribution in [-0.4, -0.2) is 44.8 Å². The second kappa shape index (κ2) is 10.3. The fourth-order valence-electron chi connectivity index (χ4n) is 4.14.